The van der Waals surface area contributed by atoms with Gasteiger partial charge in [-0.2, -0.15) is 0 Å². The summed E-state index contributed by atoms with van der Waals surface area (Å²) in [6.07, 6.45) is 1.85. The minimum Gasteiger partial charge on any atom is -0.346 e. The molecule has 2 aliphatic heterocycles. The van der Waals surface area contributed by atoms with Gasteiger partial charge in [0.25, 0.3) is 5.91 Å². The molecule has 0 aromatic rings. The predicted octanol–water partition coefficient (Wildman–Crippen LogP) is -0.0552. The van der Waals surface area contributed by atoms with Gasteiger partial charge < -0.3 is 15.0 Å². The molecule has 0 saturated carbocycles. The van der Waals surface area contributed by atoms with E-state index in [1.54, 1.807) is 0 Å². The number of piperidine rings is 1. The van der Waals surface area contributed by atoms with E-state index in [0.717, 1.165) is 32.5 Å². The summed E-state index contributed by atoms with van der Waals surface area (Å²) in [6, 6.07) is 0. The first-order valence-corrected chi connectivity index (χ1v) is 4.94. The van der Waals surface area contributed by atoms with Gasteiger partial charge in [-0.1, -0.05) is 0 Å². The molecule has 0 unspecified atom stereocenters. The van der Waals surface area contributed by atoms with Gasteiger partial charge in [-0.3, -0.25) is 4.79 Å². The van der Waals surface area contributed by atoms with Crippen LogP contribution in [0.1, 0.15) is 19.8 Å². The summed E-state index contributed by atoms with van der Waals surface area (Å²) >= 11 is 0. The van der Waals surface area contributed by atoms with Gasteiger partial charge >= 0.3 is 0 Å². The lowest BCUT2D eigenvalue weighted by molar-refractivity contribution is -0.136. The summed E-state index contributed by atoms with van der Waals surface area (Å²) in [4.78, 5) is 13.3. The molecule has 2 aliphatic rings. The third-order valence-corrected chi connectivity index (χ3v) is 2.96. The highest BCUT2D eigenvalue weighted by molar-refractivity contribution is 5.79. The maximum absolute atomic E-state index is 11.5. The average Bonchev–Trinajstić information content (AvgIpc) is 2.45. The van der Waals surface area contributed by atoms with Gasteiger partial charge in [0, 0.05) is 19.4 Å². The number of nitrogens with zero attached hydrogens (tertiary/aromatic N) is 1. The number of carbonyl (C=O) groups is 1. The molecule has 74 valence electrons. The first-order chi connectivity index (χ1) is 6.28. The molecule has 0 aliphatic carbocycles. The Hall–Kier alpha value is -0.610. The maximum atomic E-state index is 11.5. The zero-order chi connectivity index (χ0) is 9.31. The minimum absolute atomic E-state index is 0.143. The molecule has 1 spiro atoms. The second-order valence-corrected chi connectivity index (χ2v) is 3.62. The van der Waals surface area contributed by atoms with Crippen molar-refractivity contribution in [1.82, 2.24) is 10.2 Å². The Labute approximate surface area is 78.2 Å². The highest BCUT2D eigenvalue weighted by Crippen LogP contribution is 2.32. The third kappa shape index (κ3) is 1.34. The van der Waals surface area contributed by atoms with Gasteiger partial charge in [0.2, 0.25) is 0 Å². The summed E-state index contributed by atoms with van der Waals surface area (Å²) < 4.78 is 5.63. The number of carbonyl (C=O) groups excluding carboxylic acids is 1. The van der Waals surface area contributed by atoms with E-state index in [-0.39, 0.29) is 18.2 Å². The normalized spacial score (nSPS) is 27.2. The Morgan fingerprint density at radius 2 is 2.23 bits per heavy atom. The Bertz CT molecular complexity index is 212. The van der Waals surface area contributed by atoms with Gasteiger partial charge in [0.1, 0.15) is 12.3 Å². The van der Waals surface area contributed by atoms with Crippen molar-refractivity contribution in [3.63, 3.8) is 0 Å². The summed E-state index contributed by atoms with van der Waals surface area (Å²) in [5, 5.41) is 3.28. The van der Waals surface area contributed by atoms with E-state index in [1.807, 2.05) is 11.8 Å². The molecule has 4 heteroatoms. The summed E-state index contributed by atoms with van der Waals surface area (Å²) in [6.45, 7) is 4.94. The third-order valence-electron chi connectivity index (χ3n) is 2.96. The minimum atomic E-state index is -0.267. The lowest BCUT2D eigenvalue weighted by atomic mass is 10.0. The van der Waals surface area contributed by atoms with Gasteiger partial charge in [-0.05, 0) is 20.0 Å². The van der Waals surface area contributed by atoms with Crippen LogP contribution in [-0.2, 0) is 9.53 Å². The van der Waals surface area contributed by atoms with Crippen LogP contribution in [0.25, 0.3) is 0 Å². The SMILES string of the molecule is CCN1C(=O)COC12CCNCC2. The zero-order valence-corrected chi connectivity index (χ0v) is 8.01. The van der Waals surface area contributed by atoms with Crippen LogP contribution < -0.4 is 5.32 Å². The van der Waals surface area contributed by atoms with Crippen molar-refractivity contribution >= 4 is 5.91 Å². The van der Waals surface area contributed by atoms with E-state index in [4.69, 9.17) is 4.74 Å². The molecular weight excluding hydrogens is 168 g/mol. The fraction of sp³-hybridized carbons (Fsp3) is 0.889. The van der Waals surface area contributed by atoms with E-state index < -0.39 is 0 Å². The Morgan fingerprint density at radius 3 is 2.85 bits per heavy atom. The molecule has 2 fully saturated rings. The van der Waals surface area contributed by atoms with Gasteiger partial charge in [0.05, 0.1) is 0 Å². The Kier molecular flexibility index (Phi) is 2.26. The first kappa shape index (κ1) is 8.97. The number of nitrogens with one attached hydrogen (secondary N) is 1. The summed E-state index contributed by atoms with van der Waals surface area (Å²) in [5.74, 6) is 0.143. The molecule has 4 nitrogen and oxygen atoms in total. The molecule has 0 radical (unpaired) electrons. The first-order valence-electron chi connectivity index (χ1n) is 4.94. The quantitative estimate of drug-likeness (QED) is 0.621. The lowest BCUT2D eigenvalue weighted by Crippen LogP contribution is -2.52. The molecule has 1 amide bonds. The van der Waals surface area contributed by atoms with Crippen molar-refractivity contribution in [2.24, 2.45) is 0 Å². The average molecular weight is 184 g/mol. The fourth-order valence-electron chi connectivity index (χ4n) is 2.28. The molecule has 0 atom stereocenters. The van der Waals surface area contributed by atoms with Crippen molar-refractivity contribution in [3.05, 3.63) is 0 Å². The molecule has 2 heterocycles. The van der Waals surface area contributed by atoms with E-state index in [1.165, 1.54) is 0 Å². The van der Waals surface area contributed by atoms with E-state index in [2.05, 4.69) is 5.32 Å². The topological polar surface area (TPSA) is 41.6 Å². The smallest absolute Gasteiger partial charge is 0.250 e. The largest absolute Gasteiger partial charge is 0.346 e. The second kappa shape index (κ2) is 3.27. The van der Waals surface area contributed by atoms with E-state index >= 15 is 0 Å². The van der Waals surface area contributed by atoms with Crippen molar-refractivity contribution in [3.8, 4) is 0 Å². The second-order valence-electron chi connectivity index (χ2n) is 3.62. The molecule has 0 bridgehead atoms. The Morgan fingerprint density at radius 1 is 1.54 bits per heavy atom. The van der Waals surface area contributed by atoms with Crippen molar-refractivity contribution in [2.45, 2.75) is 25.5 Å². The van der Waals surface area contributed by atoms with Gasteiger partial charge in [0.15, 0.2) is 0 Å². The number of rotatable bonds is 1. The molecular formula is C9H16N2O2. The molecule has 2 rings (SSSR count). The number of hydrogen-bond donors (Lipinski definition) is 1. The van der Waals surface area contributed by atoms with Crippen LogP contribution in [0.5, 0.6) is 0 Å². The van der Waals surface area contributed by atoms with Crippen LogP contribution in [0.15, 0.2) is 0 Å². The lowest BCUT2D eigenvalue weighted by Gasteiger charge is -2.39. The van der Waals surface area contributed by atoms with Gasteiger partial charge in [-0.15, -0.1) is 0 Å². The van der Waals surface area contributed by atoms with Crippen LogP contribution >= 0.6 is 0 Å². The van der Waals surface area contributed by atoms with Crippen LogP contribution in [0.4, 0.5) is 0 Å². The van der Waals surface area contributed by atoms with Crippen molar-refractivity contribution in [1.29, 1.82) is 0 Å². The van der Waals surface area contributed by atoms with Crippen LogP contribution in [0.3, 0.4) is 0 Å². The number of likely N-dealkylation sites (N-methyl/N-ethyl adjacent to an activating group) is 1. The zero-order valence-electron chi connectivity index (χ0n) is 8.01. The molecule has 13 heavy (non-hydrogen) atoms. The summed E-state index contributed by atoms with van der Waals surface area (Å²) in [5.41, 5.74) is -0.267. The van der Waals surface area contributed by atoms with Crippen LogP contribution in [-0.4, -0.2) is 42.8 Å². The standard InChI is InChI=1S/C9H16N2O2/c1-2-11-8(12)7-13-9(11)3-5-10-6-4-9/h10H,2-7H2,1H3. The van der Waals surface area contributed by atoms with Crippen molar-refractivity contribution < 1.29 is 9.53 Å². The highest BCUT2D eigenvalue weighted by atomic mass is 16.5. The fourth-order valence-corrected chi connectivity index (χ4v) is 2.28. The summed E-state index contributed by atoms with van der Waals surface area (Å²) in [7, 11) is 0. The molecule has 0 aromatic carbocycles. The van der Waals surface area contributed by atoms with E-state index in [0.29, 0.717) is 0 Å². The highest BCUT2D eigenvalue weighted by Gasteiger charge is 2.46. The van der Waals surface area contributed by atoms with Crippen LogP contribution in [0, 0.1) is 0 Å². The van der Waals surface area contributed by atoms with Crippen LogP contribution in [0.2, 0.25) is 0 Å². The molecule has 2 saturated heterocycles. The molecule has 0 aromatic heterocycles. The number of hydrogen-bond acceptors (Lipinski definition) is 3. The van der Waals surface area contributed by atoms with E-state index in [9.17, 15) is 4.79 Å². The number of amides is 1. The molecule has 1 N–H and O–H groups in total. The van der Waals surface area contributed by atoms with Gasteiger partial charge in [-0.25, -0.2) is 0 Å². The number of ether oxygens (including phenoxy) is 1. The Balaban J connectivity index is 2.15. The monoisotopic (exact) mass is 184 g/mol. The maximum Gasteiger partial charge on any atom is 0.250 e. The van der Waals surface area contributed by atoms with Crippen molar-refractivity contribution in [2.75, 3.05) is 26.2 Å². The predicted molar refractivity (Wildman–Crippen MR) is 48.2 cm³/mol.